The maximum atomic E-state index is 11.7. The summed E-state index contributed by atoms with van der Waals surface area (Å²) in [5.41, 5.74) is 0.545. The first-order valence-corrected chi connectivity index (χ1v) is 14.2. The Balaban J connectivity index is 0.00000141. The quantitative estimate of drug-likeness (QED) is 0.546. The minimum Gasteiger partial charge on any atom is -0.400 e. The SMILES string of the molecule is CCC1CC2C3CCC4(C)C(CCC4[C@@](C)(O)Cn4cc(C#N)cn4)C3CC[C@]2(C)CC1C.CO. The molecule has 4 aliphatic rings. The van der Waals surface area contributed by atoms with Crippen LogP contribution in [0.4, 0.5) is 0 Å². The van der Waals surface area contributed by atoms with Gasteiger partial charge < -0.3 is 10.2 Å². The molecule has 4 saturated carbocycles. The first kappa shape index (κ1) is 26.7. The molecule has 196 valence electrons. The minimum atomic E-state index is -0.800. The maximum absolute atomic E-state index is 11.7. The van der Waals surface area contributed by atoms with Crippen molar-refractivity contribution < 1.29 is 10.2 Å². The second-order valence-electron chi connectivity index (χ2n) is 13.4. The van der Waals surface area contributed by atoms with Crippen LogP contribution in [0, 0.1) is 63.6 Å². The Morgan fingerprint density at radius 3 is 2.49 bits per heavy atom. The van der Waals surface area contributed by atoms with E-state index < -0.39 is 5.60 Å². The van der Waals surface area contributed by atoms with Crippen molar-refractivity contribution in [3.63, 3.8) is 0 Å². The average molecular weight is 484 g/mol. The molecular weight excluding hydrogens is 434 g/mol. The van der Waals surface area contributed by atoms with Gasteiger partial charge in [-0.05, 0) is 111 Å². The second-order valence-corrected chi connectivity index (χ2v) is 13.4. The first-order valence-electron chi connectivity index (χ1n) is 14.2. The van der Waals surface area contributed by atoms with Gasteiger partial charge in [0.05, 0.1) is 23.9 Å². The zero-order valence-corrected chi connectivity index (χ0v) is 23.0. The summed E-state index contributed by atoms with van der Waals surface area (Å²) in [5.74, 6) is 5.52. The number of aromatic nitrogens is 2. The molecule has 4 fully saturated rings. The Labute approximate surface area is 213 Å². The number of hydrogen-bond acceptors (Lipinski definition) is 4. The van der Waals surface area contributed by atoms with E-state index in [4.69, 9.17) is 10.4 Å². The van der Waals surface area contributed by atoms with Crippen LogP contribution in [0.15, 0.2) is 12.4 Å². The third kappa shape index (κ3) is 4.48. The number of rotatable bonds is 4. The molecular formula is C30H49N3O2. The van der Waals surface area contributed by atoms with Gasteiger partial charge in [0.2, 0.25) is 0 Å². The van der Waals surface area contributed by atoms with Crippen molar-refractivity contribution >= 4 is 0 Å². The fourth-order valence-corrected chi connectivity index (χ4v) is 10.1. The first-order chi connectivity index (χ1) is 16.6. The van der Waals surface area contributed by atoms with E-state index in [0.29, 0.717) is 23.4 Å². The van der Waals surface area contributed by atoms with E-state index in [1.165, 1.54) is 51.4 Å². The lowest BCUT2D eigenvalue weighted by Crippen LogP contribution is -2.55. The summed E-state index contributed by atoms with van der Waals surface area (Å²) >= 11 is 0. The smallest absolute Gasteiger partial charge is 0.102 e. The van der Waals surface area contributed by atoms with E-state index in [1.54, 1.807) is 17.1 Å². The van der Waals surface area contributed by atoms with Gasteiger partial charge in [-0.1, -0.05) is 34.1 Å². The Kier molecular flexibility index (Phi) is 7.49. The molecule has 0 saturated heterocycles. The topological polar surface area (TPSA) is 82.1 Å². The Morgan fingerprint density at radius 1 is 1.14 bits per heavy atom. The molecule has 0 radical (unpaired) electrons. The van der Waals surface area contributed by atoms with Crippen molar-refractivity contribution in [1.82, 2.24) is 9.78 Å². The highest BCUT2D eigenvalue weighted by molar-refractivity contribution is 5.22. The second kappa shape index (κ2) is 9.82. The van der Waals surface area contributed by atoms with Gasteiger partial charge in [0, 0.05) is 13.3 Å². The summed E-state index contributed by atoms with van der Waals surface area (Å²) in [6.07, 6.45) is 15.5. The number of aliphatic hydroxyl groups is 2. The number of fused-ring (bicyclic) bond motifs is 5. The van der Waals surface area contributed by atoms with Gasteiger partial charge in [0.1, 0.15) is 6.07 Å². The molecule has 0 bridgehead atoms. The molecule has 1 aromatic rings. The summed E-state index contributed by atoms with van der Waals surface area (Å²) in [4.78, 5) is 0. The summed E-state index contributed by atoms with van der Waals surface area (Å²) in [5, 5.41) is 32.2. The predicted octanol–water partition coefficient (Wildman–Crippen LogP) is 6.05. The molecule has 5 rings (SSSR count). The van der Waals surface area contributed by atoms with Gasteiger partial charge in [0.15, 0.2) is 0 Å². The summed E-state index contributed by atoms with van der Waals surface area (Å²) in [6, 6.07) is 2.16. The summed E-state index contributed by atoms with van der Waals surface area (Å²) in [7, 11) is 1.00. The monoisotopic (exact) mass is 483 g/mol. The Hall–Kier alpha value is -1.38. The van der Waals surface area contributed by atoms with E-state index in [9.17, 15) is 5.11 Å². The highest BCUT2D eigenvalue weighted by Gasteiger charge is 2.62. The lowest BCUT2D eigenvalue weighted by Gasteiger charge is -2.61. The normalized spacial score (nSPS) is 44.0. The largest absolute Gasteiger partial charge is 0.400 e. The van der Waals surface area contributed by atoms with Crippen LogP contribution in [-0.2, 0) is 6.54 Å². The maximum Gasteiger partial charge on any atom is 0.102 e. The van der Waals surface area contributed by atoms with E-state index in [-0.39, 0.29) is 5.41 Å². The third-order valence-corrected chi connectivity index (χ3v) is 11.6. The summed E-state index contributed by atoms with van der Waals surface area (Å²) < 4.78 is 1.78. The molecule has 0 aromatic carbocycles. The highest BCUT2D eigenvalue weighted by atomic mass is 16.3. The fraction of sp³-hybridized carbons (Fsp3) is 0.867. The van der Waals surface area contributed by atoms with Crippen LogP contribution < -0.4 is 0 Å². The van der Waals surface area contributed by atoms with Gasteiger partial charge in [0.25, 0.3) is 0 Å². The van der Waals surface area contributed by atoms with Gasteiger partial charge >= 0.3 is 0 Å². The molecule has 5 heteroatoms. The van der Waals surface area contributed by atoms with Crippen LogP contribution in [0.2, 0.25) is 0 Å². The van der Waals surface area contributed by atoms with Gasteiger partial charge in [-0.3, -0.25) is 4.68 Å². The van der Waals surface area contributed by atoms with E-state index in [0.717, 1.165) is 49.0 Å². The molecule has 5 nitrogen and oxygen atoms in total. The minimum absolute atomic E-state index is 0.218. The van der Waals surface area contributed by atoms with Crippen LogP contribution in [0.5, 0.6) is 0 Å². The zero-order chi connectivity index (χ0) is 25.6. The van der Waals surface area contributed by atoms with E-state index in [2.05, 4.69) is 38.9 Å². The molecule has 0 spiro atoms. The molecule has 0 aliphatic heterocycles. The third-order valence-electron chi connectivity index (χ3n) is 11.6. The predicted molar refractivity (Wildman–Crippen MR) is 139 cm³/mol. The van der Waals surface area contributed by atoms with Gasteiger partial charge in [-0.15, -0.1) is 0 Å². The van der Waals surface area contributed by atoms with Crippen molar-refractivity contribution in [1.29, 1.82) is 5.26 Å². The molecule has 2 N–H and O–H groups in total. The van der Waals surface area contributed by atoms with Crippen LogP contribution >= 0.6 is 0 Å². The molecule has 0 amide bonds. The number of nitrogens with zero attached hydrogens (tertiary/aromatic N) is 3. The van der Waals surface area contributed by atoms with Crippen LogP contribution in [0.25, 0.3) is 0 Å². The van der Waals surface area contributed by atoms with Crippen molar-refractivity contribution in [2.24, 2.45) is 52.3 Å². The van der Waals surface area contributed by atoms with Crippen molar-refractivity contribution in [2.45, 2.75) is 105 Å². The standard InChI is InChI=1S/C29H45N3O.CH4O/c1-6-21-13-25-23-10-12-28(4)24(22(23)9-11-27(25,3)14-19(21)2)7-8-26(28)29(5,33)18-32-17-20(15-30)16-31-32;1-2/h16-17,19,21-26,33H,6-14,18H2,1-5H3;2H,1H3/t19?,21?,22?,23?,24?,25?,26?,27-,28?,29+;/m1./s1. The number of nitriles is 1. The van der Waals surface area contributed by atoms with Crippen molar-refractivity contribution in [2.75, 3.05) is 7.11 Å². The molecule has 35 heavy (non-hydrogen) atoms. The van der Waals surface area contributed by atoms with Crippen molar-refractivity contribution in [3.8, 4) is 6.07 Å². The highest BCUT2D eigenvalue weighted by Crippen LogP contribution is 2.68. The Morgan fingerprint density at radius 2 is 1.83 bits per heavy atom. The van der Waals surface area contributed by atoms with E-state index in [1.807, 2.05) is 6.92 Å². The number of aliphatic hydroxyl groups excluding tert-OH is 1. The van der Waals surface area contributed by atoms with Crippen LogP contribution in [-0.4, -0.2) is 32.7 Å². The van der Waals surface area contributed by atoms with Crippen LogP contribution in [0.1, 0.15) is 98.0 Å². The van der Waals surface area contributed by atoms with Gasteiger partial charge in [-0.25, -0.2) is 0 Å². The zero-order valence-electron chi connectivity index (χ0n) is 23.0. The van der Waals surface area contributed by atoms with Crippen LogP contribution in [0.3, 0.4) is 0 Å². The summed E-state index contributed by atoms with van der Waals surface area (Å²) in [6.45, 7) is 12.6. The average Bonchev–Trinajstić information content (AvgIpc) is 3.43. The van der Waals surface area contributed by atoms with Gasteiger partial charge in [-0.2, -0.15) is 10.4 Å². The van der Waals surface area contributed by atoms with Crippen molar-refractivity contribution in [3.05, 3.63) is 18.0 Å². The number of hydrogen-bond donors (Lipinski definition) is 2. The fourth-order valence-electron chi connectivity index (χ4n) is 10.1. The Bertz CT molecular complexity index is 919. The van der Waals surface area contributed by atoms with E-state index >= 15 is 0 Å². The lowest BCUT2D eigenvalue weighted by atomic mass is 9.44. The molecule has 1 heterocycles. The lowest BCUT2D eigenvalue weighted by molar-refractivity contribution is -0.137. The molecule has 8 unspecified atom stereocenters. The molecule has 10 atom stereocenters. The molecule has 4 aliphatic carbocycles. The molecule has 1 aromatic heterocycles.